The summed E-state index contributed by atoms with van der Waals surface area (Å²) in [4.78, 5) is 27.5. The molecular formula is C33H38ClN7O4Si. The number of nitrogens with zero attached hydrogens (tertiary/aromatic N) is 7. The predicted molar refractivity (Wildman–Crippen MR) is 179 cm³/mol. The van der Waals surface area contributed by atoms with Crippen LogP contribution in [0.25, 0.3) is 33.3 Å². The first kappa shape index (κ1) is 30.6. The monoisotopic (exact) mass is 659 g/mol. The van der Waals surface area contributed by atoms with Gasteiger partial charge in [0.15, 0.2) is 0 Å². The van der Waals surface area contributed by atoms with Crippen molar-refractivity contribution in [3.05, 3.63) is 59.8 Å². The van der Waals surface area contributed by atoms with Gasteiger partial charge in [0.1, 0.15) is 34.6 Å². The standard InChI is InChI=1S/C33H38ClN7O4Si/c1-20-37-26-8-7-25(15-29(26)39(20)19-44-11-12-46(2,3)4)45-30-10-9-27-32(31(30)34)38-28(17-35-27)21-16-36-40(18-21)24-13-22-5-6-23(14-24)41(22)33(42)43/h7-10,15-18,22-24H,5-6,11-14,19H2,1-4H3,(H,42,43). The maximum Gasteiger partial charge on any atom is 0.407 e. The third-order valence-electron chi connectivity index (χ3n) is 9.17. The Bertz CT molecular complexity index is 1920. The van der Waals surface area contributed by atoms with Gasteiger partial charge in [-0.05, 0) is 62.9 Å². The molecule has 5 heterocycles. The van der Waals surface area contributed by atoms with Crippen LogP contribution in [0, 0.1) is 6.92 Å². The minimum Gasteiger partial charge on any atom is -0.465 e. The number of carboxylic acid groups (broad SMARTS) is 1. The van der Waals surface area contributed by atoms with Crippen molar-refractivity contribution < 1.29 is 19.4 Å². The molecular weight excluding hydrogens is 622 g/mol. The lowest BCUT2D eigenvalue weighted by Crippen LogP contribution is -2.46. The number of piperidine rings is 1. The molecule has 2 aromatic carbocycles. The highest BCUT2D eigenvalue weighted by molar-refractivity contribution is 6.76. The maximum atomic E-state index is 11.7. The number of amides is 1. The van der Waals surface area contributed by atoms with E-state index in [0.717, 1.165) is 60.8 Å². The summed E-state index contributed by atoms with van der Waals surface area (Å²) >= 11 is 6.90. The molecule has 0 radical (unpaired) electrons. The van der Waals surface area contributed by atoms with E-state index in [2.05, 4.69) is 34.3 Å². The number of halogens is 1. The molecule has 1 amide bonds. The molecule has 2 atom stereocenters. The van der Waals surface area contributed by atoms with E-state index in [9.17, 15) is 9.90 Å². The lowest BCUT2D eigenvalue weighted by atomic mass is 9.98. The van der Waals surface area contributed by atoms with Crippen LogP contribution >= 0.6 is 11.6 Å². The van der Waals surface area contributed by atoms with Gasteiger partial charge in [0, 0.05) is 44.6 Å². The first-order chi connectivity index (χ1) is 22.0. The van der Waals surface area contributed by atoms with Gasteiger partial charge in [-0.25, -0.2) is 14.8 Å². The fourth-order valence-corrected chi connectivity index (χ4v) is 7.70. The molecule has 2 aliphatic heterocycles. The van der Waals surface area contributed by atoms with Crippen molar-refractivity contribution >= 4 is 47.8 Å². The van der Waals surface area contributed by atoms with E-state index in [-0.39, 0.29) is 18.1 Å². The summed E-state index contributed by atoms with van der Waals surface area (Å²) in [5.74, 6) is 1.99. The average Bonchev–Trinajstić information content (AvgIpc) is 3.70. The minimum atomic E-state index is -1.18. The fourth-order valence-electron chi connectivity index (χ4n) is 6.70. The summed E-state index contributed by atoms with van der Waals surface area (Å²) in [5, 5.41) is 14.6. The van der Waals surface area contributed by atoms with Crippen LogP contribution in [0.1, 0.15) is 37.5 Å². The summed E-state index contributed by atoms with van der Waals surface area (Å²) < 4.78 is 16.3. The number of ether oxygens (including phenoxy) is 2. The van der Waals surface area contributed by atoms with Gasteiger partial charge >= 0.3 is 6.09 Å². The van der Waals surface area contributed by atoms with Crippen molar-refractivity contribution in [1.29, 1.82) is 0 Å². The van der Waals surface area contributed by atoms with Gasteiger partial charge in [-0.3, -0.25) is 9.67 Å². The first-order valence-electron chi connectivity index (χ1n) is 15.8. The van der Waals surface area contributed by atoms with E-state index >= 15 is 0 Å². The summed E-state index contributed by atoms with van der Waals surface area (Å²) in [6.45, 7) is 10.2. The van der Waals surface area contributed by atoms with Crippen molar-refractivity contribution in [3.63, 3.8) is 0 Å². The zero-order chi connectivity index (χ0) is 32.2. The van der Waals surface area contributed by atoms with E-state index in [4.69, 9.17) is 31.0 Å². The fraction of sp³-hybridized carbons (Fsp3) is 0.424. The molecule has 11 nitrogen and oxygen atoms in total. The minimum absolute atomic E-state index is 0.0463. The molecule has 2 fully saturated rings. The van der Waals surface area contributed by atoms with Crippen LogP contribution in [-0.2, 0) is 11.5 Å². The van der Waals surface area contributed by atoms with Crippen molar-refractivity contribution in [2.45, 2.75) is 83.1 Å². The number of benzene rings is 2. The van der Waals surface area contributed by atoms with Crippen LogP contribution in [0.3, 0.4) is 0 Å². The second kappa shape index (κ2) is 12.0. The van der Waals surface area contributed by atoms with E-state index in [0.29, 0.717) is 40.0 Å². The number of carbonyl (C=O) groups is 1. The summed E-state index contributed by atoms with van der Waals surface area (Å²) in [6.07, 6.45) is 8.00. The Kier molecular flexibility index (Phi) is 7.98. The molecule has 0 saturated carbocycles. The predicted octanol–water partition coefficient (Wildman–Crippen LogP) is 7.76. The molecule has 0 aliphatic carbocycles. The molecule has 2 aliphatic rings. The Morgan fingerprint density at radius 1 is 1.04 bits per heavy atom. The Morgan fingerprint density at radius 3 is 2.54 bits per heavy atom. The van der Waals surface area contributed by atoms with Gasteiger partial charge in [-0.15, -0.1) is 0 Å². The van der Waals surface area contributed by atoms with Gasteiger partial charge in [0.2, 0.25) is 0 Å². The molecule has 7 rings (SSSR count). The van der Waals surface area contributed by atoms with Gasteiger partial charge in [0.25, 0.3) is 0 Å². The summed E-state index contributed by atoms with van der Waals surface area (Å²) in [6, 6.07) is 10.8. The Balaban J connectivity index is 1.10. The Hall–Kier alpha value is -4.00. The highest BCUT2D eigenvalue weighted by Gasteiger charge is 2.44. The van der Waals surface area contributed by atoms with Crippen LogP contribution in [0.4, 0.5) is 4.79 Å². The molecule has 46 heavy (non-hydrogen) atoms. The van der Waals surface area contributed by atoms with Crippen LogP contribution in [-0.4, -0.2) is 72.2 Å². The third kappa shape index (κ3) is 5.96. The second-order valence-corrected chi connectivity index (χ2v) is 19.6. The van der Waals surface area contributed by atoms with E-state index < -0.39 is 14.2 Å². The first-order valence-corrected chi connectivity index (χ1v) is 19.9. The van der Waals surface area contributed by atoms with Crippen molar-refractivity contribution in [1.82, 2.24) is 34.2 Å². The highest BCUT2D eigenvalue weighted by atomic mass is 35.5. The zero-order valence-corrected chi connectivity index (χ0v) is 28.2. The van der Waals surface area contributed by atoms with Crippen LogP contribution in [0.15, 0.2) is 48.9 Å². The average molecular weight is 660 g/mol. The number of aromatic nitrogens is 6. The number of rotatable bonds is 9. The molecule has 0 spiro atoms. The highest BCUT2D eigenvalue weighted by Crippen LogP contribution is 2.41. The zero-order valence-electron chi connectivity index (χ0n) is 26.5. The van der Waals surface area contributed by atoms with Gasteiger partial charge < -0.3 is 24.0 Å². The lowest BCUT2D eigenvalue weighted by Gasteiger charge is -2.37. The molecule has 3 aromatic heterocycles. The van der Waals surface area contributed by atoms with Crippen LogP contribution in [0.5, 0.6) is 11.5 Å². The Labute approximate surface area is 273 Å². The van der Waals surface area contributed by atoms with E-state index in [1.54, 1.807) is 23.4 Å². The van der Waals surface area contributed by atoms with Crippen LogP contribution < -0.4 is 4.74 Å². The largest absolute Gasteiger partial charge is 0.465 e. The third-order valence-corrected chi connectivity index (χ3v) is 11.2. The van der Waals surface area contributed by atoms with Gasteiger partial charge in [0.05, 0.1) is 40.7 Å². The Morgan fingerprint density at radius 2 is 1.80 bits per heavy atom. The molecule has 2 bridgehead atoms. The van der Waals surface area contributed by atoms with Crippen LogP contribution in [0.2, 0.25) is 30.7 Å². The molecule has 240 valence electrons. The molecule has 2 saturated heterocycles. The topological polar surface area (TPSA) is 120 Å². The molecule has 13 heteroatoms. The van der Waals surface area contributed by atoms with Gasteiger partial charge in [-0.1, -0.05) is 31.2 Å². The quantitative estimate of drug-likeness (QED) is 0.126. The number of fused-ring (bicyclic) bond motifs is 4. The van der Waals surface area contributed by atoms with E-state index in [1.165, 1.54) is 0 Å². The normalized spacial score (nSPS) is 19.8. The van der Waals surface area contributed by atoms with Gasteiger partial charge in [-0.2, -0.15) is 5.10 Å². The SMILES string of the molecule is Cc1nc2ccc(Oc3ccc4ncc(-c5cnn(C6CC7CCC(C6)N7C(=O)O)c5)nc4c3Cl)cc2n1COCC[Si](C)(C)C. The number of hydrogen-bond donors (Lipinski definition) is 1. The number of hydrogen-bond acceptors (Lipinski definition) is 7. The maximum absolute atomic E-state index is 11.7. The smallest absolute Gasteiger partial charge is 0.407 e. The molecule has 1 N–H and O–H groups in total. The molecule has 2 unspecified atom stereocenters. The second-order valence-electron chi connectivity index (χ2n) is 13.6. The van der Waals surface area contributed by atoms with Crippen molar-refractivity contribution in [3.8, 4) is 22.8 Å². The molecule has 5 aromatic rings. The number of imidazole rings is 1. The van der Waals surface area contributed by atoms with Crippen molar-refractivity contribution in [2.24, 2.45) is 0 Å². The van der Waals surface area contributed by atoms with Crippen molar-refractivity contribution in [2.75, 3.05) is 6.61 Å². The number of aryl methyl sites for hydroxylation is 1. The summed E-state index contributed by atoms with van der Waals surface area (Å²) in [7, 11) is -1.18. The lowest BCUT2D eigenvalue weighted by molar-refractivity contribution is 0.0845. The summed E-state index contributed by atoms with van der Waals surface area (Å²) in [5.41, 5.74) is 4.48. The van der Waals surface area contributed by atoms with E-state index in [1.807, 2.05) is 42.1 Å².